The molecule has 1 aromatic carbocycles. The number of hydrogen-bond donors (Lipinski definition) is 2. The minimum absolute atomic E-state index is 0.122. The Morgan fingerprint density at radius 1 is 1.48 bits per heavy atom. The van der Waals surface area contributed by atoms with Gasteiger partial charge in [-0.25, -0.2) is 12.8 Å². The minimum atomic E-state index is -2.93. The molecule has 0 radical (unpaired) electrons. The molecule has 0 aliphatic carbocycles. The summed E-state index contributed by atoms with van der Waals surface area (Å²) in [5.74, 6) is 0.571. The Bertz CT molecular complexity index is 677. The average Bonchev–Trinajstić information content (AvgIpc) is 2.85. The van der Waals surface area contributed by atoms with Crippen molar-refractivity contribution < 1.29 is 17.5 Å². The second-order valence-electron chi connectivity index (χ2n) is 5.53. The molecular formula is C15H22FN3O3S. The first kappa shape index (κ1) is 17.7. The molecule has 1 saturated heterocycles. The highest BCUT2D eigenvalue weighted by molar-refractivity contribution is 7.91. The van der Waals surface area contributed by atoms with Gasteiger partial charge >= 0.3 is 0 Å². The van der Waals surface area contributed by atoms with Crippen molar-refractivity contribution in [1.29, 1.82) is 0 Å². The highest BCUT2D eigenvalue weighted by Crippen LogP contribution is 2.12. The van der Waals surface area contributed by atoms with E-state index >= 15 is 0 Å². The Morgan fingerprint density at radius 2 is 2.26 bits per heavy atom. The van der Waals surface area contributed by atoms with Crippen LogP contribution in [0.3, 0.4) is 0 Å². The van der Waals surface area contributed by atoms with Crippen molar-refractivity contribution in [2.75, 3.05) is 25.7 Å². The van der Waals surface area contributed by atoms with E-state index in [0.29, 0.717) is 24.5 Å². The third kappa shape index (κ3) is 5.18. The Balaban J connectivity index is 1.92. The lowest BCUT2D eigenvalue weighted by Crippen LogP contribution is -2.43. The number of guanidine groups is 1. The van der Waals surface area contributed by atoms with Crippen LogP contribution in [0.15, 0.2) is 23.2 Å². The fraction of sp³-hybridized carbons (Fsp3) is 0.533. The van der Waals surface area contributed by atoms with Crippen molar-refractivity contribution in [2.24, 2.45) is 4.99 Å². The number of aliphatic imine (C=N–C) groups is 1. The van der Waals surface area contributed by atoms with E-state index in [2.05, 4.69) is 15.6 Å². The van der Waals surface area contributed by atoms with Crippen molar-refractivity contribution in [1.82, 2.24) is 10.6 Å². The number of benzene rings is 1. The topological polar surface area (TPSA) is 79.8 Å². The molecule has 1 aliphatic heterocycles. The van der Waals surface area contributed by atoms with Crippen LogP contribution in [0.25, 0.3) is 0 Å². The van der Waals surface area contributed by atoms with E-state index in [1.165, 1.54) is 13.2 Å². The molecule has 1 unspecified atom stereocenters. The summed E-state index contributed by atoms with van der Waals surface area (Å²) in [6.45, 7) is 0.669. The zero-order valence-corrected chi connectivity index (χ0v) is 14.1. The van der Waals surface area contributed by atoms with E-state index in [1.807, 2.05) is 0 Å². The molecule has 1 heterocycles. The monoisotopic (exact) mass is 343 g/mol. The van der Waals surface area contributed by atoms with E-state index in [0.717, 1.165) is 5.56 Å². The highest BCUT2D eigenvalue weighted by Gasteiger charge is 2.28. The fourth-order valence-corrected chi connectivity index (χ4v) is 4.16. The van der Waals surface area contributed by atoms with Crippen LogP contribution in [0.1, 0.15) is 17.5 Å². The van der Waals surface area contributed by atoms with Crippen LogP contribution < -0.4 is 10.6 Å². The summed E-state index contributed by atoms with van der Waals surface area (Å²) < 4.78 is 41.5. The molecule has 1 fully saturated rings. The van der Waals surface area contributed by atoms with E-state index in [9.17, 15) is 12.8 Å². The number of rotatable bonds is 5. The lowest BCUT2D eigenvalue weighted by molar-refractivity contribution is 0.181. The van der Waals surface area contributed by atoms with Gasteiger partial charge in [-0.15, -0.1) is 0 Å². The Hall–Kier alpha value is -1.67. The zero-order valence-electron chi connectivity index (χ0n) is 13.3. The summed E-state index contributed by atoms with van der Waals surface area (Å²) >= 11 is 0. The van der Waals surface area contributed by atoms with Gasteiger partial charge < -0.3 is 15.4 Å². The average molecular weight is 343 g/mol. The minimum Gasteiger partial charge on any atom is -0.380 e. The van der Waals surface area contributed by atoms with Crippen molar-refractivity contribution in [2.45, 2.75) is 25.6 Å². The van der Waals surface area contributed by atoms with E-state index < -0.39 is 9.84 Å². The maximum atomic E-state index is 13.6. The number of halogens is 1. The van der Waals surface area contributed by atoms with Crippen LogP contribution >= 0.6 is 0 Å². The Morgan fingerprint density at radius 3 is 2.87 bits per heavy atom. The highest BCUT2D eigenvalue weighted by atomic mass is 32.2. The van der Waals surface area contributed by atoms with Crippen LogP contribution in [0.5, 0.6) is 0 Å². The van der Waals surface area contributed by atoms with Crippen molar-refractivity contribution in [3.8, 4) is 0 Å². The molecule has 6 nitrogen and oxygen atoms in total. The van der Waals surface area contributed by atoms with Gasteiger partial charge in [0.15, 0.2) is 15.8 Å². The normalized spacial score (nSPS) is 20.5. The third-order valence-electron chi connectivity index (χ3n) is 3.67. The number of nitrogens with zero attached hydrogens (tertiary/aromatic N) is 1. The van der Waals surface area contributed by atoms with Crippen LogP contribution in [0.4, 0.5) is 4.39 Å². The number of methoxy groups -OCH3 is 1. The maximum absolute atomic E-state index is 13.6. The lowest BCUT2D eigenvalue weighted by atomic mass is 10.1. The van der Waals surface area contributed by atoms with Gasteiger partial charge in [0.05, 0.1) is 18.1 Å². The van der Waals surface area contributed by atoms with Crippen molar-refractivity contribution >= 4 is 15.8 Å². The first-order valence-electron chi connectivity index (χ1n) is 7.37. The second kappa shape index (κ2) is 7.74. The van der Waals surface area contributed by atoms with Gasteiger partial charge in [0.25, 0.3) is 0 Å². The first-order valence-corrected chi connectivity index (χ1v) is 9.19. The predicted octanol–water partition coefficient (Wildman–Crippen LogP) is 0.824. The molecule has 0 aromatic heterocycles. The second-order valence-corrected chi connectivity index (χ2v) is 7.76. The van der Waals surface area contributed by atoms with E-state index in [1.54, 1.807) is 19.2 Å². The summed E-state index contributed by atoms with van der Waals surface area (Å²) in [7, 11) is 0.210. The number of hydrogen-bond acceptors (Lipinski definition) is 4. The predicted molar refractivity (Wildman–Crippen MR) is 87.5 cm³/mol. The van der Waals surface area contributed by atoms with Gasteiger partial charge in [0.2, 0.25) is 0 Å². The fourth-order valence-electron chi connectivity index (χ4n) is 2.49. The number of nitrogens with one attached hydrogen (secondary N) is 2. The summed E-state index contributed by atoms with van der Waals surface area (Å²) in [5, 5.41) is 6.21. The van der Waals surface area contributed by atoms with Gasteiger partial charge in [-0.05, 0) is 24.1 Å². The van der Waals surface area contributed by atoms with Crippen molar-refractivity contribution in [3.63, 3.8) is 0 Å². The molecule has 2 rings (SSSR count). The quantitative estimate of drug-likeness (QED) is 0.611. The maximum Gasteiger partial charge on any atom is 0.191 e. The first-order chi connectivity index (χ1) is 10.9. The summed E-state index contributed by atoms with van der Waals surface area (Å²) in [6.07, 6.45) is 0.581. The van der Waals surface area contributed by atoms with Gasteiger partial charge in [0, 0.05) is 32.3 Å². The van der Waals surface area contributed by atoms with Crippen LogP contribution in [-0.2, 0) is 27.7 Å². The summed E-state index contributed by atoms with van der Waals surface area (Å²) in [4.78, 5) is 4.09. The largest absolute Gasteiger partial charge is 0.380 e. The summed E-state index contributed by atoms with van der Waals surface area (Å²) in [6, 6.07) is 4.71. The standard InChI is InChI=1S/C15H22FN3O3S/c1-17-15(19-13-5-6-23(20,21)10-13)18-8-11-3-4-14(16)12(7-11)9-22-2/h3-4,7,13H,5-6,8-10H2,1-2H3,(H2,17,18,19). The lowest BCUT2D eigenvalue weighted by Gasteiger charge is -2.16. The smallest absolute Gasteiger partial charge is 0.191 e. The molecule has 0 amide bonds. The van der Waals surface area contributed by atoms with Gasteiger partial charge in [0.1, 0.15) is 5.82 Å². The number of sulfone groups is 1. The summed E-state index contributed by atoms with van der Waals surface area (Å²) in [5.41, 5.74) is 1.39. The van der Waals surface area contributed by atoms with Crippen LogP contribution in [0, 0.1) is 5.82 Å². The molecule has 1 atom stereocenters. The van der Waals surface area contributed by atoms with Gasteiger partial charge in [-0.2, -0.15) is 0 Å². The zero-order chi connectivity index (χ0) is 16.9. The van der Waals surface area contributed by atoms with Gasteiger partial charge in [-0.3, -0.25) is 4.99 Å². The van der Waals surface area contributed by atoms with Crippen molar-refractivity contribution in [3.05, 3.63) is 35.1 Å². The molecule has 23 heavy (non-hydrogen) atoms. The Kier molecular flexibility index (Phi) is 5.95. The molecule has 128 valence electrons. The molecular weight excluding hydrogens is 321 g/mol. The SMILES string of the molecule is CN=C(NCc1ccc(F)c(COC)c1)NC1CCS(=O)(=O)C1. The molecule has 0 bridgehead atoms. The molecule has 1 aromatic rings. The van der Waals surface area contributed by atoms with Crippen LogP contribution in [0.2, 0.25) is 0 Å². The number of ether oxygens (including phenoxy) is 1. The van der Waals surface area contributed by atoms with E-state index in [4.69, 9.17) is 4.74 Å². The molecule has 2 N–H and O–H groups in total. The third-order valence-corrected chi connectivity index (χ3v) is 5.43. The van der Waals surface area contributed by atoms with E-state index in [-0.39, 0.29) is 30.0 Å². The van der Waals surface area contributed by atoms with Gasteiger partial charge in [-0.1, -0.05) is 6.07 Å². The molecule has 0 saturated carbocycles. The molecule has 8 heteroatoms. The molecule has 1 aliphatic rings. The Labute approximate surface area is 136 Å². The van der Waals surface area contributed by atoms with Crippen LogP contribution in [-0.4, -0.2) is 46.1 Å². The molecule has 0 spiro atoms.